The Morgan fingerprint density at radius 3 is 2.57 bits per heavy atom. The van der Waals surface area contributed by atoms with Crippen LogP contribution in [0, 0.1) is 11.8 Å². The number of hydrogen-bond acceptors (Lipinski definition) is 4. The quantitative estimate of drug-likeness (QED) is 0.674. The van der Waals surface area contributed by atoms with Crippen LogP contribution in [0.4, 0.5) is 18.9 Å². The highest BCUT2D eigenvalue weighted by molar-refractivity contribution is 9.10. The van der Waals surface area contributed by atoms with E-state index in [4.69, 9.17) is 4.74 Å². The molecule has 2 aromatic rings. The Bertz CT molecular complexity index is 1120. The van der Waals surface area contributed by atoms with Crippen molar-refractivity contribution in [3.63, 3.8) is 0 Å². The number of benzene rings is 2. The Labute approximate surface area is 178 Å². The number of nitrogens with zero attached hydrogens (tertiary/aromatic N) is 1. The zero-order valence-corrected chi connectivity index (χ0v) is 17.5. The molecule has 2 aliphatic rings. The fourth-order valence-electron chi connectivity index (χ4n) is 3.57. The minimum absolute atomic E-state index is 0.172. The molecule has 1 fully saturated rings. The van der Waals surface area contributed by atoms with E-state index in [9.17, 15) is 31.5 Å². The van der Waals surface area contributed by atoms with Crippen molar-refractivity contribution < 1.29 is 36.2 Å². The van der Waals surface area contributed by atoms with E-state index in [0.717, 1.165) is 22.5 Å². The van der Waals surface area contributed by atoms with Crippen LogP contribution in [0.5, 0.6) is 5.75 Å². The van der Waals surface area contributed by atoms with Crippen LogP contribution >= 0.6 is 15.9 Å². The molecular weight excluding hydrogens is 491 g/mol. The maximum atomic E-state index is 13.3. The summed E-state index contributed by atoms with van der Waals surface area (Å²) in [6.07, 6.45) is -5.06. The number of aliphatic carboxylic acids is 1. The molecule has 1 N–H and O–H groups in total. The molecular formula is C19H15BrF3NO5S. The summed E-state index contributed by atoms with van der Waals surface area (Å²) in [5.74, 6) is -1.78. The molecule has 30 heavy (non-hydrogen) atoms. The number of fused-ring (bicyclic) bond motifs is 1. The summed E-state index contributed by atoms with van der Waals surface area (Å²) in [7, 11) is -4.37. The number of alkyl halides is 3. The molecule has 0 aromatic heterocycles. The predicted octanol–water partition coefficient (Wildman–Crippen LogP) is 4.14. The van der Waals surface area contributed by atoms with Gasteiger partial charge in [-0.05, 0) is 42.8 Å². The third kappa shape index (κ3) is 3.76. The molecule has 4 rings (SSSR count). The largest absolute Gasteiger partial charge is 0.486 e. The zero-order valence-electron chi connectivity index (χ0n) is 15.1. The highest BCUT2D eigenvalue weighted by Gasteiger charge is 2.52. The van der Waals surface area contributed by atoms with E-state index in [2.05, 4.69) is 15.9 Å². The maximum absolute atomic E-state index is 13.3. The van der Waals surface area contributed by atoms with Gasteiger partial charge < -0.3 is 9.84 Å². The van der Waals surface area contributed by atoms with Gasteiger partial charge in [-0.25, -0.2) is 8.42 Å². The third-order valence-electron chi connectivity index (χ3n) is 5.20. The van der Waals surface area contributed by atoms with Crippen LogP contribution in [-0.2, 0) is 21.0 Å². The summed E-state index contributed by atoms with van der Waals surface area (Å²) in [6, 6.07) is 8.21. The average Bonchev–Trinajstić information content (AvgIpc) is 3.48. The number of sulfonamides is 1. The van der Waals surface area contributed by atoms with E-state index in [1.165, 1.54) is 6.07 Å². The number of carbonyl (C=O) groups is 1. The summed E-state index contributed by atoms with van der Waals surface area (Å²) >= 11 is 3.26. The second kappa shape index (κ2) is 7.16. The molecule has 0 bridgehead atoms. The van der Waals surface area contributed by atoms with E-state index in [0.29, 0.717) is 17.0 Å². The van der Waals surface area contributed by atoms with E-state index in [1.807, 2.05) is 0 Å². The number of hydrogen-bond donors (Lipinski definition) is 1. The van der Waals surface area contributed by atoms with Crippen LogP contribution in [0.1, 0.15) is 12.0 Å². The minimum Gasteiger partial charge on any atom is -0.486 e. The van der Waals surface area contributed by atoms with Crippen molar-refractivity contribution >= 4 is 37.6 Å². The lowest BCUT2D eigenvalue weighted by Crippen LogP contribution is -2.45. The number of ether oxygens (including phenoxy) is 1. The second-order valence-electron chi connectivity index (χ2n) is 7.17. The fourth-order valence-corrected chi connectivity index (χ4v) is 5.44. The van der Waals surface area contributed by atoms with E-state index < -0.39 is 44.6 Å². The number of halogens is 4. The molecule has 0 amide bonds. The molecule has 160 valence electrons. The van der Waals surface area contributed by atoms with Crippen molar-refractivity contribution in [1.82, 2.24) is 0 Å². The molecule has 1 heterocycles. The SMILES string of the molecule is O=C(O)C1CC1[C@H]1CN(S(=O)(=O)c2cccc(C(F)(F)F)c2)c2cc(Br)ccc2O1. The zero-order chi connectivity index (χ0) is 21.8. The van der Waals surface area contributed by atoms with Gasteiger partial charge in [0.2, 0.25) is 0 Å². The van der Waals surface area contributed by atoms with Crippen LogP contribution in [0.25, 0.3) is 0 Å². The van der Waals surface area contributed by atoms with Gasteiger partial charge in [0.25, 0.3) is 10.0 Å². The van der Waals surface area contributed by atoms with Crippen LogP contribution in [-0.4, -0.2) is 32.1 Å². The van der Waals surface area contributed by atoms with Gasteiger partial charge in [0.15, 0.2) is 0 Å². The van der Waals surface area contributed by atoms with Crippen molar-refractivity contribution in [2.45, 2.75) is 23.6 Å². The van der Waals surface area contributed by atoms with Crippen molar-refractivity contribution in [2.24, 2.45) is 11.8 Å². The standard InChI is InChI=1S/C19H15BrF3NO5S/c20-11-4-5-16-15(7-11)24(9-17(29-16)13-8-14(13)18(25)26)30(27,28)12-3-1-2-10(6-12)19(21,22)23/h1-7,13-14,17H,8-9H2,(H,25,26)/t13?,14?,17-/m1/s1. The summed E-state index contributed by atoms with van der Waals surface area (Å²) in [4.78, 5) is 10.7. The Balaban J connectivity index is 1.76. The Morgan fingerprint density at radius 1 is 1.20 bits per heavy atom. The van der Waals surface area contributed by atoms with E-state index >= 15 is 0 Å². The first-order valence-electron chi connectivity index (χ1n) is 8.87. The predicted molar refractivity (Wildman–Crippen MR) is 104 cm³/mol. The molecule has 3 atom stereocenters. The first-order chi connectivity index (χ1) is 14.0. The summed E-state index contributed by atoms with van der Waals surface area (Å²) in [5.41, 5.74) is -0.901. The molecule has 11 heteroatoms. The lowest BCUT2D eigenvalue weighted by Gasteiger charge is -2.36. The lowest BCUT2D eigenvalue weighted by atomic mass is 10.1. The number of rotatable bonds is 4. The number of anilines is 1. The molecule has 1 aliphatic heterocycles. The van der Waals surface area contributed by atoms with Crippen LogP contribution in [0.3, 0.4) is 0 Å². The first-order valence-corrected chi connectivity index (χ1v) is 11.1. The molecule has 2 unspecified atom stereocenters. The minimum atomic E-state index is -4.69. The van der Waals surface area contributed by atoms with Crippen LogP contribution < -0.4 is 9.04 Å². The van der Waals surface area contributed by atoms with E-state index in [-0.39, 0.29) is 23.9 Å². The molecule has 0 spiro atoms. The van der Waals surface area contributed by atoms with Gasteiger partial charge >= 0.3 is 12.1 Å². The smallest absolute Gasteiger partial charge is 0.416 e. The average molecular weight is 506 g/mol. The van der Waals surface area contributed by atoms with Crippen LogP contribution in [0.15, 0.2) is 51.8 Å². The highest BCUT2D eigenvalue weighted by Crippen LogP contribution is 2.48. The topological polar surface area (TPSA) is 83.9 Å². The highest BCUT2D eigenvalue weighted by atomic mass is 79.9. The molecule has 1 saturated carbocycles. The van der Waals surface area contributed by atoms with Gasteiger partial charge in [-0.2, -0.15) is 13.2 Å². The lowest BCUT2D eigenvalue weighted by molar-refractivity contribution is -0.139. The summed E-state index contributed by atoms with van der Waals surface area (Å²) in [6.45, 7) is -0.198. The van der Waals surface area contributed by atoms with Gasteiger partial charge in [-0.1, -0.05) is 22.0 Å². The van der Waals surface area contributed by atoms with Gasteiger partial charge in [-0.3, -0.25) is 9.10 Å². The number of carboxylic acid groups (broad SMARTS) is 1. The molecule has 0 saturated heterocycles. The Morgan fingerprint density at radius 2 is 1.93 bits per heavy atom. The van der Waals surface area contributed by atoms with Crippen molar-refractivity contribution in [1.29, 1.82) is 0 Å². The van der Waals surface area contributed by atoms with Crippen molar-refractivity contribution in [3.05, 3.63) is 52.5 Å². The maximum Gasteiger partial charge on any atom is 0.416 e. The monoisotopic (exact) mass is 505 g/mol. The number of carboxylic acids is 1. The van der Waals surface area contributed by atoms with Gasteiger partial charge in [0, 0.05) is 10.4 Å². The van der Waals surface area contributed by atoms with Gasteiger partial charge in [0.1, 0.15) is 11.9 Å². The molecule has 6 nitrogen and oxygen atoms in total. The molecule has 0 radical (unpaired) electrons. The Hall–Kier alpha value is -2.27. The normalized spacial score (nSPS) is 23.5. The summed E-state index contributed by atoms with van der Waals surface area (Å²) < 4.78 is 73.3. The van der Waals surface area contributed by atoms with Crippen molar-refractivity contribution in [2.75, 3.05) is 10.8 Å². The van der Waals surface area contributed by atoms with Gasteiger partial charge in [-0.15, -0.1) is 0 Å². The fraction of sp³-hybridized carbons (Fsp3) is 0.316. The Kier molecular flexibility index (Phi) is 5.00. The molecule has 2 aromatic carbocycles. The van der Waals surface area contributed by atoms with Gasteiger partial charge in [0.05, 0.1) is 28.6 Å². The first kappa shape index (κ1) is 21.0. The second-order valence-corrected chi connectivity index (χ2v) is 9.95. The summed E-state index contributed by atoms with van der Waals surface area (Å²) in [5, 5.41) is 9.20. The van der Waals surface area contributed by atoms with E-state index in [1.54, 1.807) is 12.1 Å². The van der Waals surface area contributed by atoms with Crippen LogP contribution in [0.2, 0.25) is 0 Å². The third-order valence-corrected chi connectivity index (χ3v) is 7.47. The van der Waals surface area contributed by atoms with Crippen molar-refractivity contribution in [3.8, 4) is 5.75 Å². The molecule has 1 aliphatic carbocycles.